The van der Waals surface area contributed by atoms with Crippen LogP contribution in [0.4, 0.5) is 0 Å². The molecule has 0 saturated heterocycles. The summed E-state index contributed by atoms with van der Waals surface area (Å²) in [6.07, 6.45) is 0. The van der Waals surface area contributed by atoms with E-state index in [-0.39, 0.29) is 10.8 Å². The van der Waals surface area contributed by atoms with Gasteiger partial charge in [0.05, 0.1) is 17.2 Å². The Morgan fingerprint density at radius 1 is 1.10 bits per heavy atom. The first-order valence-electron chi connectivity index (χ1n) is 10.3. The molecular formula is C25H28N2O2Si. The molecule has 3 aromatic rings. The Hall–Kier alpha value is -2.84. The summed E-state index contributed by atoms with van der Waals surface area (Å²) < 4.78 is 6.52. The van der Waals surface area contributed by atoms with Crippen LogP contribution in [0, 0.1) is 11.3 Å². The molecule has 30 heavy (non-hydrogen) atoms. The summed E-state index contributed by atoms with van der Waals surface area (Å²) >= 11 is 0. The van der Waals surface area contributed by atoms with Crippen LogP contribution in [-0.2, 0) is 5.41 Å². The topological polar surface area (TPSA) is 65.9 Å². The summed E-state index contributed by atoms with van der Waals surface area (Å²) in [6, 6.07) is 13.5. The van der Waals surface area contributed by atoms with Crippen LogP contribution in [0.3, 0.4) is 0 Å². The van der Waals surface area contributed by atoms with Crippen LogP contribution in [0.5, 0.6) is 5.75 Å². The molecule has 1 N–H and O–H groups in total. The van der Waals surface area contributed by atoms with Gasteiger partial charge in [-0.25, -0.2) is 0 Å². The highest BCUT2D eigenvalue weighted by atomic mass is 28.4. The van der Waals surface area contributed by atoms with E-state index in [0.717, 1.165) is 33.5 Å². The van der Waals surface area contributed by atoms with Crippen molar-refractivity contribution in [1.29, 1.82) is 5.26 Å². The largest absolute Gasteiger partial charge is 0.543 e. The molecular weight excluding hydrogens is 388 g/mol. The number of ketones is 1. The van der Waals surface area contributed by atoms with E-state index in [2.05, 4.69) is 58.8 Å². The Balaban J connectivity index is 1.86. The molecule has 2 aromatic carbocycles. The van der Waals surface area contributed by atoms with Gasteiger partial charge in [-0.1, -0.05) is 40.7 Å². The van der Waals surface area contributed by atoms with Gasteiger partial charge in [0, 0.05) is 27.6 Å². The lowest BCUT2D eigenvalue weighted by atomic mass is 9.71. The van der Waals surface area contributed by atoms with E-state index < -0.39 is 13.7 Å². The zero-order valence-corrected chi connectivity index (χ0v) is 19.7. The number of aromatic amines is 1. The van der Waals surface area contributed by atoms with E-state index in [4.69, 9.17) is 4.43 Å². The van der Waals surface area contributed by atoms with Crippen LogP contribution in [0.15, 0.2) is 36.4 Å². The third kappa shape index (κ3) is 2.90. The molecule has 1 aromatic heterocycles. The van der Waals surface area contributed by atoms with E-state index in [1.165, 1.54) is 0 Å². The summed E-state index contributed by atoms with van der Waals surface area (Å²) in [7, 11) is -1.99. The van der Waals surface area contributed by atoms with Crippen LogP contribution in [-0.4, -0.2) is 19.1 Å². The number of nitrogens with zero attached hydrogens (tertiary/aromatic N) is 1. The van der Waals surface area contributed by atoms with Gasteiger partial charge in [0.2, 0.25) is 8.32 Å². The predicted molar refractivity (Wildman–Crippen MR) is 123 cm³/mol. The number of carbonyl (C=O) groups excluding carboxylic acids is 1. The van der Waals surface area contributed by atoms with E-state index in [0.29, 0.717) is 11.1 Å². The maximum absolute atomic E-state index is 13.5. The van der Waals surface area contributed by atoms with Gasteiger partial charge in [-0.2, -0.15) is 5.26 Å². The number of aromatic nitrogens is 1. The molecule has 4 nitrogen and oxygen atoms in total. The average Bonchev–Trinajstić information content (AvgIpc) is 3.05. The minimum Gasteiger partial charge on any atom is -0.543 e. The SMILES string of the molecule is CC1(C)c2cc(O[Si](C)(C)C(C)(C)C)ccc2C(=O)c2c1[nH]c1cc(C#N)ccc21. The van der Waals surface area contributed by atoms with E-state index in [1.54, 1.807) is 6.07 Å². The van der Waals surface area contributed by atoms with Gasteiger partial charge >= 0.3 is 0 Å². The molecule has 0 amide bonds. The minimum absolute atomic E-state index is 0.0224. The maximum Gasteiger partial charge on any atom is 0.250 e. The van der Waals surface area contributed by atoms with Crippen molar-refractivity contribution in [2.24, 2.45) is 0 Å². The number of benzene rings is 2. The van der Waals surface area contributed by atoms with Crippen molar-refractivity contribution in [3.63, 3.8) is 0 Å². The molecule has 1 aliphatic carbocycles. The van der Waals surface area contributed by atoms with Crippen LogP contribution < -0.4 is 4.43 Å². The van der Waals surface area contributed by atoms with Crippen LogP contribution in [0.2, 0.25) is 18.1 Å². The molecule has 0 aliphatic heterocycles. The molecule has 0 radical (unpaired) electrons. The van der Waals surface area contributed by atoms with Crippen LogP contribution in [0.1, 0.15) is 67.4 Å². The first-order valence-corrected chi connectivity index (χ1v) is 13.2. The van der Waals surface area contributed by atoms with Crippen molar-refractivity contribution in [3.8, 4) is 11.8 Å². The number of hydrogen-bond acceptors (Lipinski definition) is 3. The summed E-state index contributed by atoms with van der Waals surface area (Å²) in [4.78, 5) is 16.9. The van der Waals surface area contributed by atoms with Crippen molar-refractivity contribution >= 4 is 25.0 Å². The van der Waals surface area contributed by atoms with Crippen molar-refractivity contribution < 1.29 is 9.22 Å². The highest BCUT2D eigenvalue weighted by molar-refractivity contribution is 6.74. The highest BCUT2D eigenvalue weighted by Crippen LogP contribution is 2.45. The fraction of sp³-hybridized carbons (Fsp3) is 0.360. The van der Waals surface area contributed by atoms with Gasteiger partial charge in [0.1, 0.15) is 5.75 Å². The number of carbonyl (C=O) groups is 1. The third-order valence-corrected chi connectivity index (χ3v) is 11.2. The van der Waals surface area contributed by atoms with E-state index in [9.17, 15) is 10.1 Å². The standard InChI is InChI=1S/C25H28N2O2Si/c1-24(2,3)30(6,7)29-16-9-11-17-19(13-16)25(4,5)23-21(22(17)28)18-10-8-15(14-26)12-20(18)27-23/h8-13,27H,1-7H3. The fourth-order valence-electron chi connectivity index (χ4n) is 3.99. The molecule has 0 fully saturated rings. The fourth-order valence-corrected chi connectivity index (χ4v) is 5.01. The molecule has 0 saturated carbocycles. The zero-order valence-electron chi connectivity index (χ0n) is 18.7. The Bertz CT molecular complexity index is 1240. The Kier molecular flexibility index (Phi) is 4.31. The molecule has 1 heterocycles. The number of rotatable bonds is 2. The van der Waals surface area contributed by atoms with Gasteiger partial charge < -0.3 is 9.41 Å². The second kappa shape index (κ2) is 6.33. The monoisotopic (exact) mass is 416 g/mol. The molecule has 0 bridgehead atoms. The highest BCUT2D eigenvalue weighted by Gasteiger charge is 2.42. The van der Waals surface area contributed by atoms with Gasteiger partial charge in [-0.05, 0) is 54.0 Å². The Labute approximate surface area is 179 Å². The van der Waals surface area contributed by atoms with E-state index >= 15 is 0 Å². The molecule has 0 unspecified atom stereocenters. The predicted octanol–water partition coefficient (Wildman–Crippen LogP) is 6.29. The number of nitrogens with one attached hydrogen (secondary N) is 1. The van der Waals surface area contributed by atoms with Crippen molar-refractivity contribution in [3.05, 3.63) is 64.3 Å². The molecule has 5 heteroatoms. The molecule has 4 rings (SSSR count). The lowest BCUT2D eigenvalue weighted by molar-refractivity contribution is 0.103. The lowest BCUT2D eigenvalue weighted by Crippen LogP contribution is -2.44. The Morgan fingerprint density at radius 2 is 1.80 bits per heavy atom. The zero-order chi connectivity index (χ0) is 22.1. The first kappa shape index (κ1) is 20.4. The van der Waals surface area contributed by atoms with Gasteiger partial charge in [0.25, 0.3) is 0 Å². The van der Waals surface area contributed by atoms with Gasteiger partial charge in [-0.3, -0.25) is 4.79 Å². The van der Waals surface area contributed by atoms with E-state index in [1.807, 2.05) is 30.3 Å². The number of nitriles is 1. The molecule has 1 aliphatic rings. The number of H-pyrrole nitrogens is 1. The molecule has 0 spiro atoms. The molecule has 154 valence electrons. The van der Waals surface area contributed by atoms with Crippen molar-refractivity contribution in [2.75, 3.05) is 0 Å². The van der Waals surface area contributed by atoms with Crippen LogP contribution >= 0.6 is 0 Å². The van der Waals surface area contributed by atoms with Crippen LogP contribution in [0.25, 0.3) is 10.9 Å². The smallest absolute Gasteiger partial charge is 0.250 e. The quantitative estimate of drug-likeness (QED) is 0.499. The summed E-state index contributed by atoms with van der Waals surface area (Å²) in [6.45, 7) is 15.4. The second-order valence-electron chi connectivity index (χ2n) is 10.3. The Morgan fingerprint density at radius 3 is 2.43 bits per heavy atom. The third-order valence-electron chi connectivity index (χ3n) is 6.87. The summed E-state index contributed by atoms with van der Waals surface area (Å²) in [5.74, 6) is 0.849. The first-order chi connectivity index (χ1) is 13.9. The normalized spacial score (nSPS) is 15.5. The number of fused-ring (bicyclic) bond motifs is 4. The van der Waals surface area contributed by atoms with Gasteiger partial charge in [-0.15, -0.1) is 0 Å². The summed E-state index contributed by atoms with van der Waals surface area (Å²) in [5, 5.41) is 10.2. The maximum atomic E-state index is 13.5. The lowest BCUT2D eigenvalue weighted by Gasteiger charge is -2.37. The van der Waals surface area contributed by atoms with Gasteiger partial charge in [0.15, 0.2) is 5.78 Å². The summed E-state index contributed by atoms with van der Waals surface area (Å²) in [5.41, 5.74) is 4.32. The average molecular weight is 417 g/mol. The number of hydrogen-bond donors (Lipinski definition) is 1. The second-order valence-corrected chi connectivity index (χ2v) is 15.0. The van der Waals surface area contributed by atoms with Crippen molar-refractivity contribution in [2.45, 2.75) is 58.2 Å². The minimum atomic E-state index is -1.99. The van der Waals surface area contributed by atoms with Crippen molar-refractivity contribution in [1.82, 2.24) is 4.98 Å². The molecule has 0 atom stereocenters.